The summed E-state index contributed by atoms with van der Waals surface area (Å²) >= 11 is 0. The normalized spacial score (nSPS) is 29.9. The van der Waals surface area contributed by atoms with Crippen molar-refractivity contribution in [3.8, 4) is 0 Å². The van der Waals surface area contributed by atoms with Crippen molar-refractivity contribution in [2.45, 2.75) is 89.0 Å². The van der Waals surface area contributed by atoms with Crippen molar-refractivity contribution in [1.82, 2.24) is 4.90 Å². The number of hydrogen-bond acceptors (Lipinski definition) is 16. The van der Waals surface area contributed by atoms with E-state index in [1.807, 2.05) is 0 Å². The number of carbonyl (C=O) groups excluding carboxylic acids is 6. The summed E-state index contributed by atoms with van der Waals surface area (Å²) < 4.78 is 46.2. The Hall–Kier alpha value is -4.78. The Morgan fingerprint density at radius 1 is 0.731 bits per heavy atom. The zero-order valence-corrected chi connectivity index (χ0v) is 28.6. The van der Waals surface area contributed by atoms with E-state index in [2.05, 4.69) is 0 Å². The van der Waals surface area contributed by atoms with Crippen LogP contribution in [-0.4, -0.2) is 132 Å². The SMILES string of the molecule is CCO[C@@H]1O[C@H](CO)[C@H](O)[C@H](O[C@@H]2O[C@H](COC(C)=O)[C@@H](OC(C)=O)[C@H](OC(C)=O)[C@H]2N2C(=O)c3ccccc3C2=O)[C@H]1OC(=O)c1ccccc1. The van der Waals surface area contributed by atoms with Gasteiger partial charge < -0.3 is 48.1 Å². The van der Waals surface area contributed by atoms with Gasteiger partial charge in [-0.05, 0) is 31.2 Å². The van der Waals surface area contributed by atoms with Crippen LogP contribution >= 0.6 is 0 Å². The van der Waals surface area contributed by atoms with E-state index in [0.717, 1.165) is 25.7 Å². The van der Waals surface area contributed by atoms with E-state index in [4.69, 9.17) is 37.9 Å². The van der Waals surface area contributed by atoms with Gasteiger partial charge in [0.2, 0.25) is 0 Å². The van der Waals surface area contributed by atoms with E-state index in [-0.39, 0.29) is 23.3 Å². The third-order valence-corrected chi connectivity index (χ3v) is 8.47. The number of aliphatic hydroxyl groups excluding tert-OH is 2. The van der Waals surface area contributed by atoms with Crippen LogP contribution in [0.2, 0.25) is 0 Å². The van der Waals surface area contributed by atoms with E-state index in [1.165, 1.54) is 36.4 Å². The van der Waals surface area contributed by atoms with Crippen LogP contribution in [0.5, 0.6) is 0 Å². The minimum atomic E-state index is -1.88. The van der Waals surface area contributed by atoms with Crippen molar-refractivity contribution in [2.75, 3.05) is 19.8 Å². The van der Waals surface area contributed by atoms with Gasteiger partial charge in [0.25, 0.3) is 11.8 Å². The maximum Gasteiger partial charge on any atom is 0.338 e. The van der Waals surface area contributed by atoms with Crippen LogP contribution in [0, 0.1) is 0 Å². The Morgan fingerprint density at radius 2 is 1.31 bits per heavy atom. The summed E-state index contributed by atoms with van der Waals surface area (Å²) in [6.07, 6.45) is -14.5. The molecule has 2 saturated heterocycles. The summed E-state index contributed by atoms with van der Waals surface area (Å²) in [6.45, 7) is 3.49. The molecular weight excluding hydrogens is 690 g/mol. The summed E-state index contributed by atoms with van der Waals surface area (Å²) in [5.41, 5.74) is 0.113. The highest BCUT2D eigenvalue weighted by Crippen LogP contribution is 2.38. The molecule has 0 aromatic heterocycles. The number of carbonyl (C=O) groups is 6. The number of rotatable bonds is 12. The monoisotopic (exact) mass is 729 g/mol. The van der Waals surface area contributed by atoms with E-state index in [9.17, 15) is 39.0 Å². The zero-order valence-electron chi connectivity index (χ0n) is 28.6. The smallest absolute Gasteiger partial charge is 0.338 e. The lowest BCUT2D eigenvalue weighted by atomic mass is 9.93. The third-order valence-electron chi connectivity index (χ3n) is 8.47. The van der Waals surface area contributed by atoms with Crippen molar-refractivity contribution >= 4 is 35.7 Å². The highest BCUT2D eigenvalue weighted by atomic mass is 16.8. The number of hydrogen-bond donors (Lipinski definition) is 2. The van der Waals surface area contributed by atoms with Gasteiger partial charge in [-0.2, -0.15) is 0 Å². The highest BCUT2D eigenvalue weighted by molar-refractivity contribution is 6.21. The number of amides is 2. The number of aliphatic hydroxyl groups is 2. The molecule has 3 heterocycles. The minimum absolute atomic E-state index is 0.00331. The van der Waals surface area contributed by atoms with Gasteiger partial charge in [0, 0.05) is 27.4 Å². The molecule has 0 unspecified atom stereocenters. The molecule has 5 rings (SSSR count). The van der Waals surface area contributed by atoms with Crippen LogP contribution in [0.25, 0.3) is 0 Å². The summed E-state index contributed by atoms with van der Waals surface area (Å²) in [5, 5.41) is 21.7. The molecule has 3 aliphatic heterocycles. The molecule has 17 heteroatoms. The maximum atomic E-state index is 14.0. The molecule has 17 nitrogen and oxygen atoms in total. The first-order chi connectivity index (χ1) is 24.9. The minimum Gasteiger partial charge on any atom is -0.463 e. The Balaban J connectivity index is 1.63. The van der Waals surface area contributed by atoms with E-state index < -0.39 is 110 Å². The molecule has 2 aromatic carbocycles. The summed E-state index contributed by atoms with van der Waals surface area (Å²) in [4.78, 5) is 78.9. The molecular formula is C35H39NO16. The molecule has 0 bridgehead atoms. The van der Waals surface area contributed by atoms with Crippen LogP contribution in [0.1, 0.15) is 58.8 Å². The largest absolute Gasteiger partial charge is 0.463 e. The maximum absolute atomic E-state index is 14.0. The van der Waals surface area contributed by atoms with Gasteiger partial charge in [0.05, 0.1) is 23.3 Å². The van der Waals surface area contributed by atoms with Gasteiger partial charge in [-0.15, -0.1) is 0 Å². The first-order valence-electron chi connectivity index (χ1n) is 16.4. The van der Waals surface area contributed by atoms with Crippen molar-refractivity contribution in [3.05, 3.63) is 71.3 Å². The lowest BCUT2D eigenvalue weighted by Gasteiger charge is -2.50. The quantitative estimate of drug-likeness (QED) is 0.173. The predicted molar refractivity (Wildman–Crippen MR) is 171 cm³/mol. The number of esters is 4. The highest BCUT2D eigenvalue weighted by Gasteiger charge is 2.59. The molecule has 0 saturated carbocycles. The number of ether oxygens (including phenoxy) is 8. The lowest BCUT2D eigenvalue weighted by Crippen LogP contribution is -2.70. The Bertz CT molecular complexity index is 1620. The van der Waals surface area contributed by atoms with Crippen molar-refractivity contribution in [3.63, 3.8) is 0 Å². The van der Waals surface area contributed by atoms with Gasteiger partial charge in [0.15, 0.2) is 30.9 Å². The van der Waals surface area contributed by atoms with Gasteiger partial charge in [-0.1, -0.05) is 30.3 Å². The molecule has 2 aromatic rings. The molecule has 2 fully saturated rings. The number of fused-ring (bicyclic) bond motifs is 1. The fourth-order valence-electron chi connectivity index (χ4n) is 6.29. The zero-order chi connectivity index (χ0) is 37.7. The van der Waals surface area contributed by atoms with Crippen molar-refractivity contribution < 1.29 is 76.9 Å². The van der Waals surface area contributed by atoms with E-state index in [0.29, 0.717) is 0 Å². The van der Waals surface area contributed by atoms with Crippen LogP contribution in [0.4, 0.5) is 0 Å². The molecule has 0 aliphatic carbocycles. The van der Waals surface area contributed by atoms with Crippen molar-refractivity contribution in [2.24, 2.45) is 0 Å². The van der Waals surface area contributed by atoms with Crippen LogP contribution < -0.4 is 0 Å². The lowest BCUT2D eigenvalue weighted by molar-refractivity contribution is -0.350. The second-order valence-corrected chi connectivity index (χ2v) is 12.0. The summed E-state index contributed by atoms with van der Waals surface area (Å²) in [7, 11) is 0. The predicted octanol–water partition coefficient (Wildman–Crippen LogP) is 0.528. The van der Waals surface area contributed by atoms with Gasteiger partial charge in [-0.3, -0.25) is 28.9 Å². The average molecular weight is 730 g/mol. The summed E-state index contributed by atoms with van der Waals surface area (Å²) in [6, 6.07) is 12.0. The molecule has 2 amide bonds. The van der Waals surface area contributed by atoms with Crippen LogP contribution in [-0.2, 0) is 52.3 Å². The first-order valence-corrected chi connectivity index (χ1v) is 16.4. The Morgan fingerprint density at radius 3 is 1.87 bits per heavy atom. The van der Waals surface area contributed by atoms with E-state index in [1.54, 1.807) is 25.1 Å². The van der Waals surface area contributed by atoms with Gasteiger partial charge >= 0.3 is 23.9 Å². The average Bonchev–Trinajstić information content (AvgIpc) is 3.36. The summed E-state index contributed by atoms with van der Waals surface area (Å²) in [5.74, 6) is -5.12. The Labute approximate surface area is 297 Å². The Kier molecular flexibility index (Phi) is 12.4. The number of benzene rings is 2. The molecule has 280 valence electrons. The fraction of sp³-hybridized carbons (Fsp3) is 0.486. The molecule has 0 radical (unpaired) electrons. The number of nitrogens with zero attached hydrogens (tertiary/aromatic N) is 1. The number of imide groups is 1. The first kappa shape index (κ1) is 38.5. The second-order valence-electron chi connectivity index (χ2n) is 12.0. The second kappa shape index (κ2) is 16.7. The van der Waals surface area contributed by atoms with Gasteiger partial charge in [-0.25, -0.2) is 4.79 Å². The standard InChI is InChI=1S/C35H39NO16/c1-5-45-35-30(51-33(44)20-11-7-6-8-12-20)29(26(41)23(15-37)49-35)52-34-25(36-31(42)21-13-9-10-14-22(21)32(36)43)28(48-19(4)40)27(47-18(3)39)24(50-34)16-46-17(2)38/h6-14,23-30,34-35,37,41H,5,15-16H2,1-4H3/t23-,24-,25-,26+,27-,28-,29+,30-,34+,35-/m1/s1. The fourth-order valence-corrected chi connectivity index (χ4v) is 6.29. The molecule has 0 spiro atoms. The molecule has 52 heavy (non-hydrogen) atoms. The molecule has 10 atom stereocenters. The van der Waals surface area contributed by atoms with Crippen LogP contribution in [0.3, 0.4) is 0 Å². The molecule has 3 aliphatic rings. The van der Waals surface area contributed by atoms with Crippen molar-refractivity contribution in [1.29, 1.82) is 0 Å². The van der Waals surface area contributed by atoms with E-state index >= 15 is 0 Å². The topological polar surface area (TPSA) is 220 Å². The van der Waals surface area contributed by atoms with Gasteiger partial charge in [0.1, 0.15) is 37.1 Å². The third kappa shape index (κ3) is 8.14. The molecule has 2 N–H and O–H groups in total. The van der Waals surface area contributed by atoms with Crippen LogP contribution in [0.15, 0.2) is 54.6 Å².